The number of benzene rings is 1. The quantitative estimate of drug-likeness (QED) is 0.520. The van der Waals surface area contributed by atoms with Gasteiger partial charge in [-0.1, -0.05) is 11.6 Å². The third-order valence-corrected chi connectivity index (χ3v) is 4.98. The third-order valence-electron chi connectivity index (χ3n) is 4.75. The van der Waals surface area contributed by atoms with Gasteiger partial charge in [0.15, 0.2) is 0 Å². The lowest BCUT2D eigenvalue weighted by Gasteiger charge is -2.17. The van der Waals surface area contributed by atoms with Gasteiger partial charge in [0.2, 0.25) is 5.43 Å². The topological polar surface area (TPSA) is 101 Å². The molecule has 3 heterocycles. The van der Waals surface area contributed by atoms with E-state index in [-0.39, 0.29) is 10.9 Å². The average molecular weight is 383 g/mol. The van der Waals surface area contributed by atoms with Gasteiger partial charge >= 0.3 is 0 Å². The second-order valence-electron chi connectivity index (χ2n) is 6.42. The first-order chi connectivity index (χ1) is 12.9. The summed E-state index contributed by atoms with van der Waals surface area (Å²) < 4.78 is 1.18. The van der Waals surface area contributed by atoms with Gasteiger partial charge in [-0.05, 0) is 49.2 Å². The van der Waals surface area contributed by atoms with E-state index in [4.69, 9.17) is 11.6 Å². The van der Waals surface area contributed by atoms with Crippen LogP contribution >= 0.6 is 11.6 Å². The molecule has 0 saturated carbocycles. The average Bonchev–Trinajstić information content (AvgIpc) is 2.64. The number of hydrogen-bond donors (Lipinski definition) is 2. The van der Waals surface area contributed by atoms with Gasteiger partial charge in [-0.25, -0.2) is 4.68 Å². The van der Waals surface area contributed by atoms with Crippen molar-refractivity contribution in [2.24, 2.45) is 0 Å². The Hall–Kier alpha value is -3.19. The summed E-state index contributed by atoms with van der Waals surface area (Å²) in [5, 5.41) is 3.12. The number of pyridine rings is 2. The Morgan fingerprint density at radius 3 is 2.70 bits per heavy atom. The van der Waals surface area contributed by atoms with Crippen LogP contribution in [0.5, 0.6) is 0 Å². The molecule has 136 valence electrons. The van der Waals surface area contributed by atoms with Crippen LogP contribution in [0.15, 0.2) is 51.0 Å². The van der Waals surface area contributed by atoms with E-state index < -0.39 is 22.6 Å². The Morgan fingerprint density at radius 1 is 1.19 bits per heavy atom. The first-order valence-electron chi connectivity index (χ1n) is 8.29. The minimum Gasteiger partial charge on any atom is -0.350 e. The highest BCUT2D eigenvalue weighted by atomic mass is 35.5. The molecule has 0 bridgehead atoms. The van der Waals surface area contributed by atoms with Crippen molar-refractivity contribution in [2.45, 2.75) is 19.9 Å². The molecule has 0 radical (unpaired) electrons. The second kappa shape index (κ2) is 6.21. The SMILES string of the molecule is Cc1cnccc1C(C)n1[nH]c(=O)c2[nH]c3cc(Cl)ccc3c(=O)c2c1=O. The van der Waals surface area contributed by atoms with Crippen LogP contribution in [0.2, 0.25) is 5.02 Å². The molecule has 0 amide bonds. The van der Waals surface area contributed by atoms with Gasteiger partial charge in [0, 0.05) is 22.8 Å². The normalized spacial score (nSPS) is 12.6. The molecule has 4 aromatic rings. The summed E-state index contributed by atoms with van der Waals surface area (Å²) in [6, 6.07) is 5.96. The Bertz CT molecular complexity index is 1380. The maximum atomic E-state index is 13.1. The molecule has 4 rings (SSSR count). The summed E-state index contributed by atoms with van der Waals surface area (Å²) in [7, 11) is 0. The van der Waals surface area contributed by atoms with E-state index in [0.29, 0.717) is 15.9 Å². The van der Waals surface area contributed by atoms with Gasteiger partial charge in [0.1, 0.15) is 10.9 Å². The van der Waals surface area contributed by atoms with Crippen LogP contribution in [-0.4, -0.2) is 19.7 Å². The van der Waals surface area contributed by atoms with E-state index in [2.05, 4.69) is 15.1 Å². The van der Waals surface area contributed by atoms with Crippen LogP contribution in [0.3, 0.4) is 0 Å². The number of H-pyrrole nitrogens is 2. The van der Waals surface area contributed by atoms with Gasteiger partial charge in [-0.2, -0.15) is 0 Å². The Labute approximate surface area is 157 Å². The number of aromatic nitrogens is 4. The lowest BCUT2D eigenvalue weighted by Crippen LogP contribution is -2.35. The van der Waals surface area contributed by atoms with E-state index in [1.165, 1.54) is 10.7 Å². The minimum absolute atomic E-state index is 0.0605. The lowest BCUT2D eigenvalue weighted by molar-refractivity contribution is 0.527. The van der Waals surface area contributed by atoms with Crippen molar-refractivity contribution >= 4 is 33.4 Å². The summed E-state index contributed by atoms with van der Waals surface area (Å²) in [5.41, 5.74) is 0.425. The van der Waals surface area contributed by atoms with Gasteiger partial charge in [0.25, 0.3) is 11.1 Å². The fraction of sp³-hybridized carbons (Fsp3) is 0.158. The van der Waals surface area contributed by atoms with Crippen molar-refractivity contribution in [1.82, 2.24) is 19.7 Å². The molecule has 0 saturated heterocycles. The van der Waals surface area contributed by atoms with Crippen LogP contribution in [0.25, 0.3) is 21.8 Å². The number of aromatic amines is 2. The monoisotopic (exact) mass is 382 g/mol. The van der Waals surface area contributed by atoms with E-state index in [1.54, 1.807) is 37.5 Å². The maximum Gasteiger partial charge on any atom is 0.287 e. The molecule has 1 unspecified atom stereocenters. The van der Waals surface area contributed by atoms with Crippen LogP contribution in [0.4, 0.5) is 0 Å². The molecule has 1 aromatic carbocycles. The summed E-state index contributed by atoms with van der Waals surface area (Å²) in [4.78, 5) is 45.5. The predicted molar refractivity (Wildman–Crippen MR) is 105 cm³/mol. The van der Waals surface area contributed by atoms with Crippen molar-refractivity contribution in [3.05, 3.63) is 83.7 Å². The summed E-state index contributed by atoms with van der Waals surface area (Å²) in [6.07, 6.45) is 3.30. The number of hydrogen-bond acceptors (Lipinski definition) is 4. The zero-order valence-corrected chi connectivity index (χ0v) is 15.3. The van der Waals surface area contributed by atoms with Crippen molar-refractivity contribution in [3.8, 4) is 0 Å². The largest absolute Gasteiger partial charge is 0.350 e. The number of nitrogens with zero attached hydrogens (tertiary/aromatic N) is 2. The molecule has 0 aliphatic heterocycles. The fourth-order valence-electron chi connectivity index (χ4n) is 3.34. The van der Waals surface area contributed by atoms with Crippen molar-refractivity contribution in [3.63, 3.8) is 0 Å². The Morgan fingerprint density at radius 2 is 1.96 bits per heavy atom. The summed E-state index contributed by atoms with van der Waals surface area (Å²) in [6.45, 7) is 3.65. The molecule has 0 fully saturated rings. The van der Waals surface area contributed by atoms with Crippen LogP contribution in [0, 0.1) is 6.92 Å². The van der Waals surface area contributed by atoms with E-state index in [0.717, 1.165) is 11.1 Å². The molecule has 1 atom stereocenters. The molecular weight excluding hydrogens is 368 g/mol. The zero-order chi connectivity index (χ0) is 19.3. The van der Waals surface area contributed by atoms with Crippen LogP contribution in [-0.2, 0) is 0 Å². The van der Waals surface area contributed by atoms with Crippen LogP contribution < -0.4 is 16.5 Å². The number of fused-ring (bicyclic) bond motifs is 2. The highest BCUT2D eigenvalue weighted by molar-refractivity contribution is 6.31. The molecule has 0 aliphatic rings. The molecule has 27 heavy (non-hydrogen) atoms. The van der Waals surface area contributed by atoms with Crippen molar-refractivity contribution in [1.29, 1.82) is 0 Å². The second-order valence-corrected chi connectivity index (χ2v) is 6.85. The summed E-state index contributed by atoms with van der Waals surface area (Å²) >= 11 is 5.96. The van der Waals surface area contributed by atoms with E-state index in [1.807, 2.05) is 6.92 Å². The van der Waals surface area contributed by atoms with Crippen LogP contribution in [0.1, 0.15) is 24.1 Å². The van der Waals surface area contributed by atoms with Gasteiger partial charge in [-0.15, -0.1) is 0 Å². The number of halogens is 1. The number of aryl methyl sites for hydroxylation is 1. The predicted octanol–water partition coefficient (Wildman–Crippen LogP) is 2.50. The molecular formula is C19H15ClN4O3. The van der Waals surface area contributed by atoms with E-state index in [9.17, 15) is 14.4 Å². The first kappa shape index (κ1) is 17.2. The van der Waals surface area contributed by atoms with Gasteiger partial charge < -0.3 is 4.98 Å². The summed E-state index contributed by atoms with van der Waals surface area (Å²) in [5.74, 6) is 0. The third kappa shape index (κ3) is 2.67. The fourth-order valence-corrected chi connectivity index (χ4v) is 3.51. The number of nitrogens with one attached hydrogen (secondary N) is 2. The molecule has 7 nitrogen and oxygen atoms in total. The van der Waals surface area contributed by atoms with Gasteiger partial charge in [-0.3, -0.25) is 24.5 Å². The Kier molecular flexibility index (Phi) is 3.96. The highest BCUT2D eigenvalue weighted by Crippen LogP contribution is 2.19. The van der Waals surface area contributed by atoms with Gasteiger partial charge in [0.05, 0.1) is 11.6 Å². The smallest absolute Gasteiger partial charge is 0.287 e. The molecule has 0 aliphatic carbocycles. The molecule has 8 heteroatoms. The molecule has 3 aromatic heterocycles. The number of rotatable bonds is 2. The molecule has 2 N–H and O–H groups in total. The highest BCUT2D eigenvalue weighted by Gasteiger charge is 2.19. The zero-order valence-electron chi connectivity index (χ0n) is 14.5. The van der Waals surface area contributed by atoms with E-state index >= 15 is 0 Å². The van der Waals surface area contributed by atoms with Crippen molar-refractivity contribution < 1.29 is 0 Å². The Balaban J connectivity index is 2.08. The minimum atomic E-state index is -0.564. The first-order valence-corrected chi connectivity index (χ1v) is 8.67. The standard InChI is InChI=1S/C19H15ClN4O3/c1-9-8-21-6-5-12(9)10(2)24-19(27)15-16(18(26)23-24)22-14-7-11(20)3-4-13(14)17(15)25/h3-8,10H,1-2H3,(H,22,25)(H,23,26). The lowest BCUT2D eigenvalue weighted by atomic mass is 10.1. The van der Waals surface area contributed by atoms with Crippen molar-refractivity contribution in [2.75, 3.05) is 0 Å². The molecule has 0 spiro atoms. The maximum absolute atomic E-state index is 13.1.